The van der Waals surface area contributed by atoms with E-state index in [0.29, 0.717) is 10.7 Å². The summed E-state index contributed by atoms with van der Waals surface area (Å²) >= 11 is 1.37. The van der Waals surface area contributed by atoms with E-state index in [2.05, 4.69) is 21.0 Å². The zero-order chi connectivity index (χ0) is 13.1. The Labute approximate surface area is 110 Å². The Bertz CT molecular complexity index is 608. The molecule has 2 aromatic rings. The van der Waals surface area contributed by atoms with Crippen molar-refractivity contribution in [1.29, 1.82) is 5.26 Å². The van der Waals surface area contributed by atoms with Crippen molar-refractivity contribution < 1.29 is 0 Å². The van der Waals surface area contributed by atoms with Crippen LogP contribution in [0.4, 0.5) is 0 Å². The Morgan fingerprint density at radius 3 is 2.44 bits per heavy atom. The van der Waals surface area contributed by atoms with Gasteiger partial charge in [0.25, 0.3) is 0 Å². The van der Waals surface area contributed by atoms with Crippen molar-refractivity contribution in [2.24, 2.45) is 0 Å². The highest BCUT2D eigenvalue weighted by Crippen LogP contribution is 2.27. The molecule has 0 aliphatic heterocycles. The van der Waals surface area contributed by atoms with Crippen LogP contribution in [0.15, 0.2) is 28.5 Å². The minimum Gasteiger partial charge on any atom is -0.263 e. The zero-order valence-electron chi connectivity index (χ0n) is 10.4. The van der Waals surface area contributed by atoms with Crippen molar-refractivity contribution >= 4 is 11.8 Å². The monoisotopic (exact) mass is 256 g/mol. The Hall–Kier alpha value is -1.93. The van der Waals surface area contributed by atoms with Crippen molar-refractivity contribution in [3.8, 4) is 6.07 Å². The molecule has 0 aliphatic carbocycles. The molecular formula is C13H12N4S. The molecule has 0 unspecified atom stereocenters. The lowest BCUT2D eigenvalue weighted by Gasteiger charge is -2.07. The van der Waals surface area contributed by atoms with E-state index < -0.39 is 0 Å². The lowest BCUT2D eigenvalue weighted by Crippen LogP contribution is -1.98. The predicted molar refractivity (Wildman–Crippen MR) is 69.3 cm³/mol. The maximum atomic E-state index is 9.02. The second-order valence-electron chi connectivity index (χ2n) is 3.89. The second kappa shape index (κ2) is 5.15. The van der Waals surface area contributed by atoms with Crippen LogP contribution in [0.5, 0.6) is 0 Å². The molecule has 18 heavy (non-hydrogen) atoms. The van der Waals surface area contributed by atoms with Gasteiger partial charge in [-0.25, -0.2) is 9.97 Å². The van der Waals surface area contributed by atoms with Gasteiger partial charge in [-0.3, -0.25) is 4.98 Å². The highest BCUT2D eigenvalue weighted by molar-refractivity contribution is 7.99. The van der Waals surface area contributed by atoms with Crippen LogP contribution < -0.4 is 0 Å². The number of hydrogen-bond donors (Lipinski definition) is 0. The van der Waals surface area contributed by atoms with Crippen LogP contribution in [0, 0.1) is 32.1 Å². The second-order valence-corrected chi connectivity index (χ2v) is 4.90. The third-order valence-electron chi connectivity index (χ3n) is 2.72. The SMILES string of the molecule is Cc1nc(Sc2cnccc2C#N)nc(C)c1C. The first-order chi connectivity index (χ1) is 8.61. The number of rotatable bonds is 2. The van der Waals surface area contributed by atoms with Crippen molar-refractivity contribution in [3.05, 3.63) is 41.0 Å². The Morgan fingerprint density at radius 1 is 1.17 bits per heavy atom. The highest BCUT2D eigenvalue weighted by Gasteiger charge is 2.09. The average molecular weight is 256 g/mol. The van der Waals surface area contributed by atoms with E-state index in [0.717, 1.165) is 21.8 Å². The van der Waals surface area contributed by atoms with E-state index in [9.17, 15) is 0 Å². The van der Waals surface area contributed by atoms with Crippen LogP contribution in [0.2, 0.25) is 0 Å². The topological polar surface area (TPSA) is 62.5 Å². The number of aromatic nitrogens is 3. The maximum absolute atomic E-state index is 9.02. The summed E-state index contributed by atoms with van der Waals surface area (Å²) in [5.74, 6) is 0. The summed E-state index contributed by atoms with van der Waals surface area (Å²) in [6.07, 6.45) is 3.27. The van der Waals surface area contributed by atoms with E-state index in [1.54, 1.807) is 18.5 Å². The van der Waals surface area contributed by atoms with Gasteiger partial charge in [-0.05, 0) is 44.2 Å². The molecule has 0 saturated heterocycles. The molecule has 0 radical (unpaired) electrons. The normalized spacial score (nSPS) is 10.1. The van der Waals surface area contributed by atoms with Gasteiger partial charge in [0.1, 0.15) is 6.07 Å². The molecule has 5 heteroatoms. The summed E-state index contributed by atoms with van der Waals surface area (Å²) in [5, 5.41) is 9.67. The van der Waals surface area contributed by atoms with E-state index in [1.165, 1.54) is 11.8 Å². The molecule has 4 nitrogen and oxygen atoms in total. The summed E-state index contributed by atoms with van der Waals surface area (Å²) in [7, 11) is 0. The largest absolute Gasteiger partial charge is 0.263 e. The predicted octanol–water partition coefficient (Wildman–Crippen LogP) is 2.82. The lowest BCUT2D eigenvalue weighted by molar-refractivity contribution is 0.880. The fourth-order valence-electron chi connectivity index (χ4n) is 1.44. The molecule has 2 heterocycles. The lowest BCUT2D eigenvalue weighted by atomic mass is 10.2. The quantitative estimate of drug-likeness (QED) is 0.773. The Kier molecular flexibility index (Phi) is 3.58. The minimum absolute atomic E-state index is 0.592. The van der Waals surface area contributed by atoms with Crippen LogP contribution in [0.25, 0.3) is 0 Å². The summed E-state index contributed by atoms with van der Waals surface area (Å²) in [4.78, 5) is 13.6. The number of nitrogens with zero attached hydrogens (tertiary/aromatic N) is 4. The number of aryl methyl sites for hydroxylation is 2. The summed E-state index contributed by atoms with van der Waals surface area (Å²) in [6.45, 7) is 5.93. The smallest absolute Gasteiger partial charge is 0.192 e. The van der Waals surface area contributed by atoms with Crippen molar-refractivity contribution in [3.63, 3.8) is 0 Å². The van der Waals surface area contributed by atoms with Crippen LogP contribution in [0.1, 0.15) is 22.5 Å². The van der Waals surface area contributed by atoms with Gasteiger partial charge in [0, 0.05) is 23.8 Å². The van der Waals surface area contributed by atoms with Crippen molar-refractivity contribution in [2.75, 3.05) is 0 Å². The van der Waals surface area contributed by atoms with Crippen molar-refractivity contribution in [2.45, 2.75) is 30.8 Å². The van der Waals surface area contributed by atoms with E-state index in [4.69, 9.17) is 5.26 Å². The first kappa shape index (κ1) is 12.5. The van der Waals surface area contributed by atoms with Gasteiger partial charge in [-0.2, -0.15) is 5.26 Å². The standard InChI is InChI=1S/C13H12N4S/c1-8-9(2)16-13(17-10(8)3)18-12-7-15-5-4-11(12)6-14/h4-5,7H,1-3H3. The van der Waals surface area contributed by atoms with Crippen LogP contribution in [-0.4, -0.2) is 15.0 Å². The van der Waals surface area contributed by atoms with Crippen LogP contribution >= 0.6 is 11.8 Å². The Balaban J connectivity index is 2.38. The molecule has 0 amide bonds. The number of nitriles is 1. The minimum atomic E-state index is 0.592. The van der Waals surface area contributed by atoms with Gasteiger partial charge in [0.2, 0.25) is 0 Å². The molecule has 0 spiro atoms. The third-order valence-corrected chi connectivity index (χ3v) is 3.63. The fraction of sp³-hybridized carbons (Fsp3) is 0.231. The van der Waals surface area contributed by atoms with Crippen LogP contribution in [0.3, 0.4) is 0 Å². The summed E-state index contributed by atoms with van der Waals surface area (Å²) in [6, 6.07) is 3.83. The van der Waals surface area contributed by atoms with Gasteiger partial charge < -0.3 is 0 Å². The molecule has 2 aromatic heterocycles. The van der Waals surface area contributed by atoms with Gasteiger partial charge in [0.05, 0.1) is 10.5 Å². The zero-order valence-corrected chi connectivity index (χ0v) is 11.2. The molecular weight excluding hydrogens is 244 g/mol. The first-order valence-electron chi connectivity index (χ1n) is 5.45. The molecule has 0 aromatic carbocycles. The summed E-state index contributed by atoms with van der Waals surface area (Å²) in [5.41, 5.74) is 3.63. The number of hydrogen-bond acceptors (Lipinski definition) is 5. The molecule has 0 bridgehead atoms. The third kappa shape index (κ3) is 2.49. The summed E-state index contributed by atoms with van der Waals surface area (Å²) < 4.78 is 0. The molecule has 0 fully saturated rings. The van der Waals surface area contributed by atoms with Crippen molar-refractivity contribution in [1.82, 2.24) is 15.0 Å². The van der Waals surface area contributed by atoms with E-state index in [-0.39, 0.29) is 0 Å². The molecule has 0 N–H and O–H groups in total. The Morgan fingerprint density at radius 2 is 1.83 bits per heavy atom. The molecule has 0 saturated carbocycles. The average Bonchev–Trinajstić information content (AvgIpc) is 2.36. The molecule has 0 atom stereocenters. The molecule has 2 rings (SSSR count). The maximum Gasteiger partial charge on any atom is 0.192 e. The van der Waals surface area contributed by atoms with Gasteiger partial charge >= 0.3 is 0 Å². The number of pyridine rings is 1. The fourth-order valence-corrected chi connectivity index (χ4v) is 2.34. The van der Waals surface area contributed by atoms with E-state index >= 15 is 0 Å². The highest BCUT2D eigenvalue weighted by atomic mass is 32.2. The van der Waals surface area contributed by atoms with Crippen LogP contribution in [-0.2, 0) is 0 Å². The first-order valence-corrected chi connectivity index (χ1v) is 6.27. The van der Waals surface area contributed by atoms with E-state index in [1.807, 2.05) is 20.8 Å². The molecule has 90 valence electrons. The van der Waals surface area contributed by atoms with Gasteiger partial charge in [-0.15, -0.1) is 0 Å². The van der Waals surface area contributed by atoms with Gasteiger partial charge in [0.15, 0.2) is 5.16 Å². The van der Waals surface area contributed by atoms with Gasteiger partial charge in [-0.1, -0.05) is 0 Å². The molecule has 0 aliphatic rings.